The lowest BCUT2D eigenvalue weighted by atomic mass is 10.2. The highest BCUT2D eigenvalue weighted by Crippen LogP contribution is 2.22. The van der Waals surface area contributed by atoms with Crippen molar-refractivity contribution < 1.29 is 17.6 Å². The van der Waals surface area contributed by atoms with Gasteiger partial charge in [-0.25, -0.2) is 0 Å². The van der Waals surface area contributed by atoms with Crippen molar-refractivity contribution in [1.29, 1.82) is 0 Å². The number of halogens is 4. The van der Waals surface area contributed by atoms with E-state index < -0.39 is 19.3 Å². The Hall–Kier alpha value is -0.280. The Morgan fingerprint density at radius 2 is 1.50 bits per heavy atom. The first-order chi connectivity index (χ1) is 4.56. The molecule has 0 saturated heterocycles. The van der Waals surface area contributed by atoms with E-state index in [1.807, 2.05) is 0 Å². The Bertz CT molecular complexity index is 76.3. The fraction of sp³-hybridized carbons (Fsp3) is 1.00. The van der Waals surface area contributed by atoms with E-state index >= 15 is 0 Å². The summed E-state index contributed by atoms with van der Waals surface area (Å²) in [6.07, 6.45) is -4.23. The molecule has 0 fully saturated rings. The van der Waals surface area contributed by atoms with Gasteiger partial charge in [0.25, 0.3) is 0 Å². The minimum absolute atomic E-state index is 0.0490. The predicted molar refractivity (Wildman–Crippen MR) is 30.5 cm³/mol. The van der Waals surface area contributed by atoms with Crippen molar-refractivity contribution in [2.45, 2.75) is 31.9 Å². The van der Waals surface area contributed by atoms with Gasteiger partial charge in [0.1, 0.15) is 0 Å². The summed E-state index contributed by atoms with van der Waals surface area (Å²) in [5.41, 5.74) is 0. The number of hydrogen-bond donors (Lipinski definition) is 0. The molecule has 0 bridgehead atoms. The fourth-order valence-electron chi connectivity index (χ4n) is 0.597. The second-order valence-electron chi connectivity index (χ2n) is 2.11. The van der Waals surface area contributed by atoms with Gasteiger partial charge in [-0.3, -0.25) is 4.39 Å². The van der Waals surface area contributed by atoms with Crippen LogP contribution in [0.15, 0.2) is 0 Å². The van der Waals surface area contributed by atoms with Gasteiger partial charge in [-0.15, -0.1) is 0 Å². The standard InChI is InChI=1S/C6H10F4/c7-5-3-1-2-4-6(8,9)10/h1-5H2. The summed E-state index contributed by atoms with van der Waals surface area (Å²) in [4.78, 5) is 0. The minimum atomic E-state index is -4.07. The molecule has 10 heavy (non-hydrogen) atoms. The summed E-state index contributed by atoms with van der Waals surface area (Å²) in [7, 11) is 0. The van der Waals surface area contributed by atoms with E-state index in [0.717, 1.165) is 0 Å². The molecule has 0 aliphatic rings. The van der Waals surface area contributed by atoms with Crippen molar-refractivity contribution in [3.8, 4) is 0 Å². The third-order valence-electron chi connectivity index (χ3n) is 1.09. The van der Waals surface area contributed by atoms with Gasteiger partial charge in [-0.2, -0.15) is 13.2 Å². The van der Waals surface area contributed by atoms with Crippen LogP contribution >= 0.6 is 0 Å². The molecule has 0 aliphatic carbocycles. The van der Waals surface area contributed by atoms with Crippen molar-refractivity contribution >= 4 is 0 Å². The first kappa shape index (κ1) is 9.72. The summed E-state index contributed by atoms with van der Waals surface area (Å²) in [6, 6.07) is 0. The molecule has 0 aromatic carbocycles. The highest BCUT2D eigenvalue weighted by molar-refractivity contribution is 4.50. The molecule has 0 heterocycles. The molecule has 0 unspecified atom stereocenters. The third-order valence-corrected chi connectivity index (χ3v) is 1.09. The molecular formula is C6H10F4. The van der Waals surface area contributed by atoms with Crippen molar-refractivity contribution in [1.82, 2.24) is 0 Å². The van der Waals surface area contributed by atoms with E-state index in [-0.39, 0.29) is 12.8 Å². The highest BCUT2D eigenvalue weighted by atomic mass is 19.4. The van der Waals surface area contributed by atoms with Crippen LogP contribution in [0.3, 0.4) is 0 Å². The van der Waals surface area contributed by atoms with Gasteiger partial charge >= 0.3 is 6.18 Å². The Labute approximate surface area is 57.2 Å². The van der Waals surface area contributed by atoms with Gasteiger partial charge in [0.05, 0.1) is 6.67 Å². The lowest BCUT2D eigenvalue weighted by molar-refractivity contribution is -0.135. The maximum absolute atomic E-state index is 11.4. The molecule has 0 N–H and O–H groups in total. The summed E-state index contributed by atoms with van der Waals surface area (Å²) in [6.45, 7) is -0.516. The topological polar surface area (TPSA) is 0 Å². The summed E-state index contributed by atoms with van der Waals surface area (Å²) >= 11 is 0. The summed E-state index contributed by atoms with van der Waals surface area (Å²) < 4.78 is 45.5. The van der Waals surface area contributed by atoms with Crippen LogP contribution in [0.4, 0.5) is 17.6 Å². The molecule has 0 aromatic heterocycles. The van der Waals surface area contributed by atoms with E-state index in [9.17, 15) is 17.6 Å². The smallest absolute Gasteiger partial charge is 0.251 e. The summed E-state index contributed by atoms with van der Waals surface area (Å²) in [5, 5.41) is 0. The molecule has 0 aromatic rings. The molecular weight excluding hydrogens is 148 g/mol. The van der Waals surface area contributed by atoms with Crippen LogP contribution < -0.4 is 0 Å². The molecule has 0 spiro atoms. The predicted octanol–water partition coefficient (Wildman–Crippen LogP) is 3.08. The first-order valence-corrected chi connectivity index (χ1v) is 3.19. The van der Waals surface area contributed by atoms with Crippen LogP contribution in [-0.4, -0.2) is 12.9 Å². The molecule has 0 saturated carbocycles. The Morgan fingerprint density at radius 1 is 0.900 bits per heavy atom. The lowest BCUT2D eigenvalue weighted by Gasteiger charge is -2.03. The minimum Gasteiger partial charge on any atom is -0.251 e. The number of rotatable bonds is 4. The van der Waals surface area contributed by atoms with E-state index in [1.54, 1.807) is 0 Å². The average Bonchev–Trinajstić information content (AvgIpc) is 1.78. The fourth-order valence-corrected chi connectivity index (χ4v) is 0.597. The van der Waals surface area contributed by atoms with Crippen LogP contribution in [-0.2, 0) is 0 Å². The van der Waals surface area contributed by atoms with Crippen LogP contribution in [0.2, 0.25) is 0 Å². The molecule has 0 nitrogen and oxygen atoms in total. The van der Waals surface area contributed by atoms with Crippen molar-refractivity contribution in [3.63, 3.8) is 0 Å². The van der Waals surface area contributed by atoms with Crippen molar-refractivity contribution in [3.05, 3.63) is 0 Å². The highest BCUT2D eigenvalue weighted by Gasteiger charge is 2.25. The van der Waals surface area contributed by atoms with E-state index in [4.69, 9.17) is 0 Å². The normalized spacial score (nSPS) is 12.0. The van der Waals surface area contributed by atoms with Gasteiger partial charge in [0.2, 0.25) is 0 Å². The zero-order valence-corrected chi connectivity index (χ0v) is 5.55. The zero-order chi connectivity index (χ0) is 8.04. The largest absolute Gasteiger partial charge is 0.389 e. The van der Waals surface area contributed by atoms with Crippen LogP contribution in [0.1, 0.15) is 25.7 Å². The molecule has 0 rings (SSSR count). The summed E-state index contributed by atoms with van der Waals surface area (Å²) in [5.74, 6) is 0. The van der Waals surface area contributed by atoms with Crippen LogP contribution in [0.5, 0.6) is 0 Å². The molecule has 0 radical (unpaired) electrons. The van der Waals surface area contributed by atoms with Crippen molar-refractivity contribution in [2.75, 3.05) is 6.67 Å². The maximum Gasteiger partial charge on any atom is 0.389 e. The Kier molecular flexibility index (Phi) is 4.40. The van der Waals surface area contributed by atoms with Gasteiger partial charge in [-0.05, 0) is 12.8 Å². The van der Waals surface area contributed by atoms with E-state index in [2.05, 4.69) is 0 Å². The second-order valence-corrected chi connectivity index (χ2v) is 2.11. The number of hydrogen-bond acceptors (Lipinski definition) is 0. The maximum atomic E-state index is 11.4. The van der Waals surface area contributed by atoms with Gasteiger partial charge in [0, 0.05) is 6.42 Å². The van der Waals surface area contributed by atoms with Crippen LogP contribution in [0.25, 0.3) is 0 Å². The molecule has 62 valence electrons. The quantitative estimate of drug-likeness (QED) is 0.435. The van der Waals surface area contributed by atoms with E-state index in [0.29, 0.717) is 6.42 Å². The molecule has 0 atom stereocenters. The Balaban J connectivity index is 3.04. The van der Waals surface area contributed by atoms with Gasteiger partial charge in [0.15, 0.2) is 0 Å². The lowest BCUT2D eigenvalue weighted by Crippen LogP contribution is -2.06. The monoisotopic (exact) mass is 158 g/mol. The number of unbranched alkanes of at least 4 members (excludes halogenated alkanes) is 2. The SMILES string of the molecule is FCCCCCC(F)(F)F. The van der Waals surface area contributed by atoms with Gasteiger partial charge in [-0.1, -0.05) is 6.42 Å². The number of alkyl halides is 4. The average molecular weight is 158 g/mol. The van der Waals surface area contributed by atoms with Crippen LogP contribution in [0, 0.1) is 0 Å². The molecule has 0 aliphatic heterocycles. The van der Waals surface area contributed by atoms with E-state index in [1.165, 1.54) is 0 Å². The second kappa shape index (κ2) is 4.52. The zero-order valence-electron chi connectivity index (χ0n) is 5.55. The Morgan fingerprint density at radius 3 is 1.90 bits per heavy atom. The molecule has 0 amide bonds. The first-order valence-electron chi connectivity index (χ1n) is 3.19. The van der Waals surface area contributed by atoms with Crippen molar-refractivity contribution in [2.24, 2.45) is 0 Å². The third kappa shape index (κ3) is 7.72. The van der Waals surface area contributed by atoms with Gasteiger partial charge < -0.3 is 0 Å². The molecule has 4 heteroatoms.